The summed E-state index contributed by atoms with van der Waals surface area (Å²) in [6.45, 7) is 6.45. The van der Waals surface area contributed by atoms with E-state index >= 15 is 0 Å². The summed E-state index contributed by atoms with van der Waals surface area (Å²) in [7, 11) is 0. The molecule has 3 heteroatoms. The predicted molar refractivity (Wildman–Crippen MR) is 181 cm³/mol. The first-order valence-electron chi connectivity index (χ1n) is 15.3. The third kappa shape index (κ3) is 2.94. The number of anilines is 3. The van der Waals surface area contributed by atoms with Crippen molar-refractivity contribution in [3.05, 3.63) is 177 Å². The van der Waals surface area contributed by atoms with Gasteiger partial charge in [0.15, 0.2) is 0 Å². The lowest BCUT2D eigenvalue weighted by molar-refractivity contribution is 0.707. The zero-order valence-electron chi connectivity index (χ0n) is 24.9. The van der Waals surface area contributed by atoms with Crippen LogP contribution in [0.15, 0.2) is 132 Å². The number of nitrogens with zero attached hydrogens (tertiary/aromatic N) is 2. The molecule has 0 amide bonds. The zero-order chi connectivity index (χ0) is 29.7. The number of hydrogen-bond donors (Lipinski definition) is 0. The minimum absolute atomic E-state index is 0.0375. The maximum atomic E-state index is 14.6. The maximum Gasteiger partial charge on any atom is 0.263 e. The fourth-order valence-corrected chi connectivity index (χ4v) is 8.21. The molecule has 3 heterocycles. The molecule has 0 radical (unpaired) electrons. The van der Waals surface area contributed by atoms with E-state index in [-0.39, 0.29) is 5.56 Å². The Morgan fingerprint density at radius 1 is 0.477 bits per heavy atom. The van der Waals surface area contributed by atoms with Gasteiger partial charge in [-0.2, -0.15) is 0 Å². The van der Waals surface area contributed by atoms with E-state index in [4.69, 9.17) is 0 Å². The average molecular weight is 567 g/mol. The average Bonchev–Trinajstić information content (AvgIpc) is 3.05. The fourth-order valence-electron chi connectivity index (χ4n) is 8.21. The van der Waals surface area contributed by atoms with Crippen LogP contribution in [0.1, 0.15) is 38.9 Å². The lowest BCUT2D eigenvalue weighted by Crippen LogP contribution is -2.42. The molecule has 6 aromatic carbocycles. The Labute approximate surface area is 256 Å². The van der Waals surface area contributed by atoms with Crippen LogP contribution in [0.5, 0.6) is 0 Å². The molecule has 1 atom stereocenters. The van der Waals surface area contributed by atoms with Crippen LogP contribution in [0.3, 0.4) is 0 Å². The molecule has 7 aromatic rings. The van der Waals surface area contributed by atoms with Gasteiger partial charge in [-0.3, -0.25) is 9.36 Å². The van der Waals surface area contributed by atoms with E-state index in [1.165, 1.54) is 33.6 Å². The number of rotatable bonds is 1. The van der Waals surface area contributed by atoms with Crippen molar-refractivity contribution in [2.45, 2.75) is 26.2 Å². The molecule has 0 saturated carbocycles. The highest BCUT2D eigenvalue weighted by molar-refractivity contribution is 6.10. The van der Waals surface area contributed by atoms with Gasteiger partial charge >= 0.3 is 0 Å². The van der Waals surface area contributed by atoms with Crippen LogP contribution in [-0.2, 0) is 5.41 Å². The smallest absolute Gasteiger partial charge is 0.263 e. The Morgan fingerprint density at radius 2 is 1.02 bits per heavy atom. The summed E-state index contributed by atoms with van der Waals surface area (Å²) in [5.74, 6) is 0. The Morgan fingerprint density at radius 3 is 1.82 bits per heavy atom. The fraction of sp³-hybridized carbons (Fsp3) is 0.0976. The summed E-state index contributed by atoms with van der Waals surface area (Å²) in [5, 5.41) is 2.89. The number of para-hydroxylation sites is 5. The molecule has 1 spiro atoms. The van der Waals surface area contributed by atoms with Gasteiger partial charge in [-0.25, -0.2) is 0 Å². The van der Waals surface area contributed by atoms with Crippen LogP contribution in [0.25, 0.3) is 27.4 Å². The molecule has 2 aliphatic rings. The Bertz CT molecular complexity index is 2420. The normalized spacial score (nSPS) is 16.2. The van der Waals surface area contributed by atoms with Crippen LogP contribution < -0.4 is 10.5 Å². The number of pyridine rings is 1. The van der Waals surface area contributed by atoms with E-state index in [9.17, 15) is 4.79 Å². The lowest BCUT2D eigenvalue weighted by Gasteiger charge is -2.49. The summed E-state index contributed by atoms with van der Waals surface area (Å²) in [5.41, 5.74) is 13.0. The minimum atomic E-state index is -0.642. The van der Waals surface area contributed by atoms with Gasteiger partial charge < -0.3 is 4.90 Å². The van der Waals surface area contributed by atoms with Gasteiger partial charge in [-0.05, 0) is 83.3 Å². The second-order valence-corrected chi connectivity index (χ2v) is 12.2. The van der Waals surface area contributed by atoms with Crippen molar-refractivity contribution >= 4 is 38.7 Å². The van der Waals surface area contributed by atoms with Crippen molar-refractivity contribution in [2.24, 2.45) is 0 Å². The molecule has 0 bridgehead atoms. The van der Waals surface area contributed by atoms with Crippen LogP contribution in [0.2, 0.25) is 0 Å². The second kappa shape index (κ2) is 8.81. The van der Waals surface area contributed by atoms with Gasteiger partial charge in [-0.15, -0.1) is 0 Å². The number of benzene rings is 6. The summed E-state index contributed by atoms with van der Waals surface area (Å²) < 4.78 is 1.99. The largest absolute Gasteiger partial charge is 0.309 e. The van der Waals surface area contributed by atoms with Crippen LogP contribution in [0.4, 0.5) is 17.1 Å². The topological polar surface area (TPSA) is 25.2 Å². The molecule has 0 fully saturated rings. The standard InChI is InChI=1S/C41H30N2O/c1-25-13-4-7-22-34(25)42-35-23-8-5-18-30(35)41(32-20-11-15-27(3)38(32)42)31-19-6-9-24-36(31)43-39-29(17-12-21-33(39)41)28-16-10-14-26(2)37(28)40(43)44/h4-24H,1-3H3. The monoisotopic (exact) mass is 566 g/mol. The Hall–Kier alpha value is -5.41. The van der Waals surface area contributed by atoms with Crippen molar-refractivity contribution in [3.63, 3.8) is 0 Å². The third-order valence-electron chi connectivity index (χ3n) is 9.96. The minimum Gasteiger partial charge on any atom is -0.309 e. The summed E-state index contributed by atoms with van der Waals surface area (Å²) in [6.07, 6.45) is 0. The van der Waals surface area contributed by atoms with E-state index in [2.05, 4.69) is 140 Å². The van der Waals surface area contributed by atoms with Crippen molar-refractivity contribution in [2.75, 3.05) is 4.90 Å². The van der Waals surface area contributed by atoms with E-state index in [0.29, 0.717) is 0 Å². The molecule has 0 aliphatic carbocycles. The molecule has 3 nitrogen and oxygen atoms in total. The first-order chi connectivity index (χ1) is 21.5. The highest BCUT2D eigenvalue weighted by Gasteiger charge is 2.51. The molecule has 0 N–H and O–H groups in total. The summed E-state index contributed by atoms with van der Waals surface area (Å²) in [4.78, 5) is 17.0. The molecule has 1 unspecified atom stereocenters. The first kappa shape index (κ1) is 25.1. The quantitative estimate of drug-likeness (QED) is 0.185. The maximum absolute atomic E-state index is 14.6. The second-order valence-electron chi connectivity index (χ2n) is 12.2. The van der Waals surface area contributed by atoms with Crippen molar-refractivity contribution < 1.29 is 0 Å². The molecule has 0 saturated heterocycles. The van der Waals surface area contributed by atoms with Gasteiger partial charge in [0.05, 0.1) is 33.4 Å². The van der Waals surface area contributed by atoms with Gasteiger partial charge in [0, 0.05) is 11.1 Å². The third-order valence-corrected chi connectivity index (χ3v) is 9.96. The van der Waals surface area contributed by atoms with E-state index in [0.717, 1.165) is 49.7 Å². The van der Waals surface area contributed by atoms with Crippen LogP contribution >= 0.6 is 0 Å². The van der Waals surface area contributed by atoms with Crippen molar-refractivity contribution in [3.8, 4) is 5.69 Å². The summed E-state index contributed by atoms with van der Waals surface area (Å²) >= 11 is 0. The van der Waals surface area contributed by atoms with E-state index < -0.39 is 5.41 Å². The van der Waals surface area contributed by atoms with E-state index in [1.54, 1.807) is 0 Å². The highest BCUT2D eigenvalue weighted by Crippen LogP contribution is 2.61. The SMILES string of the molecule is Cc1ccccc1N1c2ccccc2C2(c3ccccc3-n3c(=O)c4c(C)cccc4c4cccc2c43)c2cccc(C)c21. The van der Waals surface area contributed by atoms with Crippen molar-refractivity contribution in [1.29, 1.82) is 0 Å². The number of aryl methyl sites for hydroxylation is 3. The zero-order valence-corrected chi connectivity index (χ0v) is 24.9. The van der Waals surface area contributed by atoms with Gasteiger partial charge in [0.1, 0.15) is 0 Å². The van der Waals surface area contributed by atoms with Gasteiger partial charge in [-0.1, -0.05) is 109 Å². The lowest BCUT2D eigenvalue weighted by atomic mass is 9.60. The number of fused-ring (bicyclic) bond motifs is 10. The first-order valence-corrected chi connectivity index (χ1v) is 15.3. The number of aromatic nitrogens is 1. The van der Waals surface area contributed by atoms with Gasteiger partial charge in [0.2, 0.25) is 0 Å². The van der Waals surface area contributed by atoms with E-state index in [1.807, 2.05) is 17.6 Å². The highest BCUT2D eigenvalue weighted by atomic mass is 16.1. The molecule has 2 aliphatic heterocycles. The summed E-state index contributed by atoms with van der Waals surface area (Å²) in [6, 6.07) is 45.6. The molecule has 210 valence electrons. The molecule has 44 heavy (non-hydrogen) atoms. The predicted octanol–water partition coefficient (Wildman–Crippen LogP) is 9.55. The Balaban J connectivity index is 1.55. The Kier molecular flexibility index (Phi) is 5.03. The molecular weight excluding hydrogens is 536 g/mol. The van der Waals surface area contributed by atoms with Crippen LogP contribution in [0, 0.1) is 20.8 Å². The molecular formula is C41H30N2O. The molecule has 9 rings (SSSR count). The molecule has 1 aromatic heterocycles. The number of hydrogen-bond acceptors (Lipinski definition) is 2. The van der Waals surface area contributed by atoms with Gasteiger partial charge in [0.25, 0.3) is 5.56 Å². The van der Waals surface area contributed by atoms with Crippen molar-refractivity contribution in [1.82, 2.24) is 4.57 Å². The van der Waals surface area contributed by atoms with Crippen LogP contribution in [-0.4, -0.2) is 4.57 Å².